The van der Waals surface area contributed by atoms with Crippen molar-refractivity contribution in [1.29, 1.82) is 0 Å². The number of nitrogens with zero attached hydrogens (tertiary/aromatic N) is 2. The summed E-state index contributed by atoms with van der Waals surface area (Å²) < 4.78 is 20.8. The maximum atomic E-state index is 13.8. The standard InChI is InChI=1S/C13H9ClFN3OS/c1-19-11-3-2-8(5-9(11)15)18-12-10(17-13(18)20)4-7(14)6-16-12/h2-6H,1H3,(H,17,20). The van der Waals surface area contributed by atoms with Gasteiger partial charge in [-0.05, 0) is 30.4 Å². The molecular formula is C13H9ClFN3OS. The topological polar surface area (TPSA) is 42.8 Å². The zero-order chi connectivity index (χ0) is 14.3. The number of aromatic nitrogens is 3. The fraction of sp³-hybridized carbons (Fsp3) is 0.0769. The van der Waals surface area contributed by atoms with E-state index in [2.05, 4.69) is 9.97 Å². The van der Waals surface area contributed by atoms with Crippen LogP contribution in [0.4, 0.5) is 4.39 Å². The van der Waals surface area contributed by atoms with E-state index in [1.54, 1.807) is 22.8 Å². The Morgan fingerprint density at radius 3 is 2.90 bits per heavy atom. The van der Waals surface area contributed by atoms with Crippen molar-refractivity contribution in [3.05, 3.63) is 46.1 Å². The van der Waals surface area contributed by atoms with Crippen LogP contribution < -0.4 is 4.74 Å². The Labute approximate surface area is 123 Å². The zero-order valence-electron chi connectivity index (χ0n) is 10.4. The number of H-pyrrole nitrogens is 1. The molecule has 1 N–H and O–H groups in total. The molecule has 0 aliphatic heterocycles. The molecule has 0 spiro atoms. The summed E-state index contributed by atoms with van der Waals surface area (Å²) in [6.45, 7) is 0. The van der Waals surface area contributed by atoms with Crippen LogP contribution in [0.5, 0.6) is 5.75 Å². The van der Waals surface area contributed by atoms with Crippen LogP contribution >= 0.6 is 23.8 Å². The van der Waals surface area contributed by atoms with Crippen molar-refractivity contribution >= 4 is 35.0 Å². The smallest absolute Gasteiger partial charge is 0.184 e. The third kappa shape index (κ3) is 2.07. The minimum Gasteiger partial charge on any atom is -0.494 e. The van der Waals surface area contributed by atoms with Crippen LogP contribution in [0.15, 0.2) is 30.5 Å². The number of benzene rings is 1. The van der Waals surface area contributed by atoms with Crippen molar-refractivity contribution in [1.82, 2.24) is 14.5 Å². The van der Waals surface area contributed by atoms with Crippen LogP contribution in [0.25, 0.3) is 16.9 Å². The molecule has 0 radical (unpaired) electrons. The number of hydrogen-bond donors (Lipinski definition) is 1. The highest BCUT2D eigenvalue weighted by molar-refractivity contribution is 7.71. The predicted molar refractivity (Wildman–Crippen MR) is 77.8 cm³/mol. The average molecular weight is 310 g/mol. The molecule has 0 aliphatic carbocycles. The first-order valence-electron chi connectivity index (χ1n) is 5.70. The molecule has 7 heteroatoms. The van der Waals surface area contributed by atoms with Crippen molar-refractivity contribution in [2.24, 2.45) is 0 Å². The lowest BCUT2D eigenvalue weighted by Gasteiger charge is -2.06. The Morgan fingerprint density at radius 1 is 1.40 bits per heavy atom. The van der Waals surface area contributed by atoms with E-state index in [-0.39, 0.29) is 5.75 Å². The van der Waals surface area contributed by atoms with Gasteiger partial charge in [0.1, 0.15) is 0 Å². The Morgan fingerprint density at radius 2 is 2.20 bits per heavy atom. The van der Waals surface area contributed by atoms with Gasteiger partial charge in [-0.1, -0.05) is 11.6 Å². The first-order chi connectivity index (χ1) is 9.60. The summed E-state index contributed by atoms with van der Waals surface area (Å²) >= 11 is 11.1. The molecule has 4 nitrogen and oxygen atoms in total. The second-order valence-electron chi connectivity index (χ2n) is 4.11. The number of fused-ring (bicyclic) bond motifs is 1. The van der Waals surface area contributed by atoms with Crippen molar-refractivity contribution in [2.45, 2.75) is 0 Å². The summed E-state index contributed by atoms with van der Waals surface area (Å²) in [5.74, 6) is -0.286. The van der Waals surface area contributed by atoms with E-state index in [0.717, 1.165) is 0 Å². The van der Waals surface area contributed by atoms with Gasteiger partial charge >= 0.3 is 0 Å². The third-order valence-corrected chi connectivity index (χ3v) is 3.37. The van der Waals surface area contributed by atoms with Gasteiger partial charge in [0.15, 0.2) is 22.0 Å². The molecule has 0 bridgehead atoms. The number of halogens is 2. The molecule has 20 heavy (non-hydrogen) atoms. The molecule has 0 saturated heterocycles. The highest BCUT2D eigenvalue weighted by Crippen LogP contribution is 2.24. The van der Waals surface area contributed by atoms with Crippen LogP contribution in [-0.2, 0) is 0 Å². The van der Waals surface area contributed by atoms with Gasteiger partial charge in [-0.3, -0.25) is 4.57 Å². The fourth-order valence-electron chi connectivity index (χ4n) is 2.00. The molecule has 0 atom stereocenters. The first-order valence-corrected chi connectivity index (χ1v) is 6.49. The van der Waals surface area contributed by atoms with E-state index in [4.69, 9.17) is 28.6 Å². The monoisotopic (exact) mass is 309 g/mol. The van der Waals surface area contributed by atoms with Gasteiger partial charge in [-0.25, -0.2) is 9.37 Å². The van der Waals surface area contributed by atoms with Gasteiger partial charge in [0.05, 0.1) is 23.3 Å². The number of pyridine rings is 1. The summed E-state index contributed by atoms with van der Waals surface area (Å²) in [7, 11) is 1.42. The van der Waals surface area contributed by atoms with Crippen LogP contribution in [0.3, 0.4) is 0 Å². The van der Waals surface area contributed by atoms with Crippen LogP contribution in [0, 0.1) is 10.6 Å². The van der Waals surface area contributed by atoms with Gasteiger partial charge in [0.25, 0.3) is 0 Å². The van der Waals surface area contributed by atoms with Crippen molar-refractivity contribution in [3.8, 4) is 11.4 Å². The molecule has 1 aromatic carbocycles. The Hall–Kier alpha value is -1.92. The SMILES string of the molecule is COc1ccc(-n2c(=S)[nH]c3cc(Cl)cnc32)cc1F. The molecule has 0 saturated carbocycles. The van der Waals surface area contributed by atoms with Crippen LogP contribution in [-0.4, -0.2) is 21.6 Å². The normalized spacial score (nSPS) is 10.9. The number of imidazole rings is 1. The van der Waals surface area contributed by atoms with E-state index in [9.17, 15) is 4.39 Å². The van der Waals surface area contributed by atoms with Gasteiger partial charge in [-0.15, -0.1) is 0 Å². The molecule has 102 valence electrons. The highest BCUT2D eigenvalue weighted by atomic mass is 35.5. The minimum atomic E-state index is -0.463. The van der Waals surface area contributed by atoms with Crippen LogP contribution in [0.1, 0.15) is 0 Å². The Balaban J connectivity index is 2.26. The largest absolute Gasteiger partial charge is 0.494 e. The average Bonchev–Trinajstić information content (AvgIpc) is 2.73. The predicted octanol–water partition coefficient (Wildman–Crippen LogP) is 3.88. The summed E-state index contributed by atoms with van der Waals surface area (Å²) in [6.07, 6.45) is 1.52. The van der Waals surface area contributed by atoms with Gasteiger partial charge in [-0.2, -0.15) is 0 Å². The molecule has 3 rings (SSSR count). The number of nitrogens with one attached hydrogen (secondary N) is 1. The molecule has 0 fully saturated rings. The molecule has 0 aliphatic rings. The molecular weight excluding hydrogens is 301 g/mol. The maximum absolute atomic E-state index is 13.8. The molecule has 0 unspecified atom stereocenters. The second-order valence-corrected chi connectivity index (χ2v) is 4.93. The number of methoxy groups -OCH3 is 1. The molecule has 2 heterocycles. The Bertz CT molecular complexity index is 858. The van der Waals surface area contributed by atoms with Gasteiger partial charge < -0.3 is 9.72 Å². The van der Waals surface area contributed by atoms with Gasteiger partial charge in [0, 0.05) is 12.3 Å². The molecule has 3 aromatic rings. The number of rotatable bonds is 2. The van der Waals surface area contributed by atoms with E-state index < -0.39 is 5.82 Å². The van der Waals surface area contributed by atoms with Crippen molar-refractivity contribution in [2.75, 3.05) is 7.11 Å². The zero-order valence-corrected chi connectivity index (χ0v) is 11.9. The lowest BCUT2D eigenvalue weighted by molar-refractivity contribution is 0.386. The maximum Gasteiger partial charge on any atom is 0.184 e. The Kier molecular flexibility index (Phi) is 3.19. The van der Waals surface area contributed by atoms with E-state index >= 15 is 0 Å². The lowest BCUT2D eigenvalue weighted by Crippen LogP contribution is -1.97. The third-order valence-electron chi connectivity index (χ3n) is 2.88. The highest BCUT2D eigenvalue weighted by Gasteiger charge is 2.11. The lowest BCUT2D eigenvalue weighted by atomic mass is 10.3. The van der Waals surface area contributed by atoms with E-state index in [1.807, 2.05) is 0 Å². The summed E-state index contributed by atoms with van der Waals surface area (Å²) in [4.78, 5) is 7.22. The quantitative estimate of drug-likeness (QED) is 0.730. The number of hydrogen-bond acceptors (Lipinski definition) is 3. The second kappa shape index (κ2) is 4.88. The van der Waals surface area contributed by atoms with E-state index in [0.29, 0.717) is 26.6 Å². The summed E-state index contributed by atoms with van der Waals surface area (Å²) in [5, 5.41) is 0.502. The minimum absolute atomic E-state index is 0.177. The van der Waals surface area contributed by atoms with Gasteiger partial charge in [0.2, 0.25) is 0 Å². The summed E-state index contributed by atoms with van der Waals surface area (Å²) in [6, 6.07) is 6.32. The first kappa shape index (κ1) is 13.1. The molecule has 0 amide bonds. The van der Waals surface area contributed by atoms with Crippen LogP contribution in [0.2, 0.25) is 5.02 Å². The number of aromatic amines is 1. The summed E-state index contributed by atoms with van der Waals surface area (Å²) in [5.41, 5.74) is 1.84. The fourth-order valence-corrected chi connectivity index (χ4v) is 2.46. The van der Waals surface area contributed by atoms with Crippen molar-refractivity contribution in [3.63, 3.8) is 0 Å². The van der Waals surface area contributed by atoms with Crippen molar-refractivity contribution < 1.29 is 9.13 Å². The van der Waals surface area contributed by atoms with E-state index in [1.165, 1.54) is 19.4 Å². The molecule has 2 aromatic heterocycles. The number of ether oxygens (including phenoxy) is 1.